The summed E-state index contributed by atoms with van der Waals surface area (Å²) in [6.07, 6.45) is -0.734. The number of halogens is 1. The highest BCUT2D eigenvalue weighted by molar-refractivity contribution is 9.10. The molecule has 0 aliphatic carbocycles. The minimum atomic E-state index is -0.734. The van der Waals surface area contributed by atoms with E-state index in [1.807, 2.05) is 43.3 Å². The van der Waals surface area contributed by atoms with Crippen molar-refractivity contribution in [3.63, 3.8) is 0 Å². The lowest BCUT2D eigenvalue weighted by Crippen LogP contribution is -2.20. The largest absolute Gasteiger partial charge is 0.367 e. The zero-order chi connectivity index (χ0) is 18.7. The van der Waals surface area contributed by atoms with E-state index in [0.29, 0.717) is 13.2 Å². The van der Waals surface area contributed by atoms with E-state index in [2.05, 4.69) is 15.9 Å². The van der Waals surface area contributed by atoms with Crippen LogP contribution in [-0.4, -0.2) is 32.1 Å². The second-order valence-electron chi connectivity index (χ2n) is 4.64. The van der Waals surface area contributed by atoms with Crippen molar-refractivity contribution in [2.75, 3.05) is 27.2 Å². The predicted molar refractivity (Wildman–Crippen MR) is 86.9 cm³/mol. The van der Waals surface area contributed by atoms with E-state index in [9.17, 15) is 0 Å². The summed E-state index contributed by atoms with van der Waals surface area (Å²) in [5, 5.41) is 0. The summed E-state index contributed by atoms with van der Waals surface area (Å²) in [4.78, 5) is 1.96. The van der Waals surface area contributed by atoms with Crippen LogP contribution in [0.1, 0.15) is 24.1 Å². The third kappa shape index (κ3) is 4.44. The van der Waals surface area contributed by atoms with Gasteiger partial charge >= 0.3 is 0 Å². The first kappa shape index (κ1) is 9.72. The second kappa shape index (κ2) is 7.58. The van der Waals surface area contributed by atoms with E-state index < -0.39 is 12.1 Å². The van der Waals surface area contributed by atoms with Crippen molar-refractivity contribution < 1.29 is 11.6 Å². The summed E-state index contributed by atoms with van der Waals surface area (Å²) in [6.45, 7) is 1.03. The fraction of sp³-hybridized carbons (Fsp3) is 0.294. The van der Waals surface area contributed by atoms with Gasteiger partial charge in [0.15, 0.2) is 0 Å². The molecule has 0 bridgehead atoms. The van der Waals surface area contributed by atoms with Crippen molar-refractivity contribution in [3.05, 3.63) is 70.1 Å². The summed E-state index contributed by atoms with van der Waals surface area (Å²) in [5.74, 6) is 0. The minimum Gasteiger partial charge on any atom is -0.367 e. The molecule has 2 aromatic carbocycles. The molecule has 0 heterocycles. The van der Waals surface area contributed by atoms with Crippen LogP contribution in [-0.2, 0) is 4.74 Å². The average Bonchev–Trinajstić information content (AvgIpc) is 2.57. The molecule has 20 heavy (non-hydrogen) atoms. The maximum atomic E-state index is 8.21. The lowest BCUT2D eigenvalue weighted by molar-refractivity contribution is 0.0687. The number of rotatable bonds is 6. The lowest BCUT2D eigenvalue weighted by atomic mass is 10.0. The van der Waals surface area contributed by atoms with Crippen molar-refractivity contribution in [2.45, 2.75) is 6.10 Å². The number of hydrogen-bond donors (Lipinski definition) is 0. The summed E-state index contributed by atoms with van der Waals surface area (Å²) in [5.41, 5.74) is 0.896. The molecule has 1 atom stereocenters. The Labute approximate surface area is 136 Å². The normalized spacial score (nSPS) is 16.1. The number of nitrogens with zero attached hydrogens (tertiary/aromatic N) is 1. The first-order valence-corrected chi connectivity index (χ1v) is 7.12. The number of benzene rings is 2. The highest BCUT2D eigenvalue weighted by atomic mass is 79.9. The summed E-state index contributed by atoms with van der Waals surface area (Å²) >= 11 is 3.38. The molecular weight excluding hydrogens is 314 g/mol. The lowest BCUT2D eigenvalue weighted by Gasteiger charge is -2.20. The minimum absolute atomic E-state index is 0.159. The topological polar surface area (TPSA) is 12.5 Å². The number of hydrogen-bond acceptors (Lipinski definition) is 2. The molecule has 0 saturated heterocycles. The molecule has 3 heteroatoms. The van der Waals surface area contributed by atoms with Gasteiger partial charge in [-0.3, -0.25) is 0 Å². The molecule has 2 nitrogen and oxygen atoms in total. The Balaban J connectivity index is 2.54. The van der Waals surface area contributed by atoms with Gasteiger partial charge in [-0.25, -0.2) is 0 Å². The number of likely N-dealkylation sites (N-methyl/N-ethyl adjacent to an activating group) is 1. The Bertz CT molecular complexity index is 723. The maximum Gasteiger partial charge on any atom is 0.108 e. The Morgan fingerprint density at radius 2 is 1.75 bits per heavy atom. The van der Waals surface area contributed by atoms with E-state index >= 15 is 0 Å². The smallest absolute Gasteiger partial charge is 0.108 e. The van der Waals surface area contributed by atoms with E-state index in [4.69, 9.17) is 11.6 Å². The van der Waals surface area contributed by atoms with Gasteiger partial charge in [-0.15, -0.1) is 0 Å². The van der Waals surface area contributed by atoms with Crippen molar-refractivity contribution in [3.8, 4) is 0 Å². The fourth-order valence-electron chi connectivity index (χ4n) is 1.73. The number of ether oxygens (including phenoxy) is 1. The van der Waals surface area contributed by atoms with Crippen LogP contribution < -0.4 is 0 Å². The molecule has 0 radical (unpaired) electrons. The van der Waals surface area contributed by atoms with Crippen LogP contribution in [0.3, 0.4) is 0 Å². The van der Waals surface area contributed by atoms with Gasteiger partial charge in [-0.05, 0) is 37.4 Å². The van der Waals surface area contributed by atoms with Crippen LogP contribution in [0.15, 0.2) is 59.0 Å². The van der Waals surface area contributed by atoms with Crippen molar-refractivity contribution in [1.29, 1.82) is 0 Å². The Morgan fingerprint density at radius 3 is 2.35 bits per heavy atom. The Morgan fingerprint density at radius 1 is 1.10 bits per heavy atom. The predicted octanol–water partition coefficient (Wildman–Crippen LogP) is 4.12. The van der Waals surface area contributed by atoms with Gasteiger partial charge in [-0.2, -0.15) is 0 Å². The van der Waals surface area contributed by atoms with Crippen LogP contribution in [0.25, 0.3) is 0 Å². The van der Waals surface area contributed by atoms with Gasteiger partial charge in [0.25, 0.3) is 0 Å². The molecule has 0 spiro atoms. The fourth-order valence-corrected chi connectivity index (χ4v) is 1.99. The van der Waals surface area contributed by atoms with Gasteiger partial charge in [0.2, 0.25) is 0 Å². The van der Waals surface area contributed by atoms with E-state index in [1.165, 1.54) is 0 Å². The van der Waals surface area contributed by atoms with Crippen molar-refractivity contribution >= 4 is 15.9 Å². The molecule has 0 N–H and O–H groups in total. The first-order valence-electron chi connectivity index (χ1n) is 8.82. The van der Waals surface area contributed by atoms with Gasteiger partial charge in [0.1, 0.15) is 6.10 Å². The SMILES string of the molecule is [2H]c1c([2H])c([2H])c(C(OCCN(C)C)c2ccc(Br)cc2)c([2H])c1[2H]. The van der Waals surface area contributed by atoms with Crippen molar-refractivity contribution in [2.24, 2.45) is 0 Å². The summed E-state index contributed by atoms with van der Waals surface area (Å²) in [6, 6.07) is 5.76. The molecule has 2 aromatic rings. The van der Waals surface area contributed by atoms with Crippen LogP contribution in [0.2, 0.25) is 0 Å². The zero-order valence-corrected chi connectivity index (χ0v) is 13.1. The third-order valence-corrected chi connectivity index (χ3v) is 3.31. The maximum absolute atomic E-state index is 8.21. The third-order valence-electron chi connectivity index (χ3n) is 2.78. The highest BCUT2D eigenvalue weighted by Gasteiger charge is 2.14. The molecular formula is C17H20BrNO. The Kier molecular flexibility index (Phi) is 3.68. The van der Waals surface area contributed by atoms with E-state index in [0.717, 1.165) is 10.0 Å². The zero-order valence-electron chi connectivity index (χ0n) is 16.5. The van der Waals surface area contributed by atoms with Gasteiger partial charge in [0, 0.05) is 11.0 Å². The van der Waals surface area contributed by atoms with Gasteiger partial charge in [0.05, 0.1) is 13.5 Å². The molecule has 0 aliphatic rings. The monoisotopic (exact) mass is 338 g/mol. The quantitative estimate of drug-likeness (QED) is 0.785. The van der Waals surface area contributed by atoms with Crippen LogP contribution >= 0.6 is 15.9 Å². The highest BCUT2D eigenvalue weighted by Crippen LogP contribution is 2.27. The van der Waals surface area contributed by atoms with E-state index in [1.54, 1.807) is 0 Å². The molecule has 1 unspecified atom stereocenters. The van der Waals surface area contributed by atoms with Gasteiger partial charge < -0.3 is 9.64 Å². The standard InChI is InChI=1S/C17H20BrNO/c1-19(2)12-13-20-17(14-6-4-3-5-7-14)15-8-10-16(18)11-9-15/h3-11,17H,12-13H2,1-2H3/i3D,4D,5D,6D,7D. The molecule has 0 amide bonds. The summed E-state index contributed by atoms with van der Waals surface area (Å²) < 4.78 is 46.8. The van der Waals surface area contributed by atoms with Crippen molar-refractivity contribution in [1.82, 2.24) is 4.90 Å². The second-order valence-corrected chi connectivity index (χ2v) is 5.56. The molecule has 0 aromatic heterocycles. The molecule has 2 rings (SSSR count). The van der Waals surface area contributed by atoms with E-state index in [-0.39, 0.29) is 29.7 Å². The Hall–Kier alpha value is -1.16. The molecule has 0 aliphatic heterocycles. The molecule has 0 fully saturated rings. The van der Waals surface area contributed by atoms with Crippen LogP contribution in [0, 0.1) is 0 Å². The van der Waals surface area contributed by atoms with Gasteiger partial charge in [-0.1, -0.05) is 58.3 Å². The molecule has 106 valence electrons. The molecule has 0 saturated carbocycles. The van der Waals surface area contributed by atoms with Crippen LogP contribution in [0.4, 0.5) is 0 Å². The first-order chi connectivity index (χ1) is 11.7. The summed E-state index contributed by atoms with van der Waals surface area (Å²) in [7, 11) is 3.84. The van der Waals surface area contributed by atoms with Crippen LogP contribution in [0.5, 0.6) is 0 Å². The average molecular weight is 339 g/mol.